The fourth-order valence-corrected chi connectivity index (χ4v) is 2.55. The highest BCUT2D eigenvalue weighted by molar-refractivity contribution is 6.63. The van der Waals surface area contributed by atoms with Crippen molar-refractivity contribution in [2.24, 2.45) is 0 Å². The molecule has 0 spiro atoms. The standard InChI is InChI=1S/C15H19ClFNO2/c16-15(19)11-12-4-5-14(13(17)10-12)20-9-8-18-6-2-1-3-7-18/h4-5,10H,1-3,6-9,11H2. The zero-order chi connectivity index (χ0) is 14.4. The molecule has 1 aromatic rings. The monoisotopic (exact) mass is 299 g/mol. The molecule has 1 aliphatic heterocycles. The number of piperidine rings is 1. The second-order valence-electron chi connectivity index (χ2n) is 5.05. The number of hydrogen-bond acceptors (Lipinski definition) is 3. The van der Waals surface area contributed by atoms with E-state index in [0.717, 1.165) is 19.6 Å². The molecule has 1 heterocycles. The number of carbonyl (C=O) groups is 1. The summed E-state index contributed by atoms with van der Waals surface area (Å²) in [6, 6.07) is 4.52. The molecule has 20 heavy (non-hydrogen) atoms. The summed E-state index contributed by atoms with van der Waals surface area (Å²) in [6.45, 7) is 3.50. The van der Waals surface area contributed by atoms with E-state index in [2.05, 4.69) is 4.90 Å². The number of halogens is 2. The van der Waals surface area contributed by atoms with Crippen LogP contribution in [0.25, 0.3) is 0 Å². The first kappa shape index (κ1) is 15.3. The Morgan fingerprint density at radius 1 is 1.30 bits per heavy atom. The summed E-state index contributed by atoms with van der Waals surface area (Å²) in [7, 11) is 0. The summed E-state index contributed by atoms with van der Waals surface area (Å²) >= 11 is 5.28. The van der Waals surface area contributed by atoms with Crippen LogP contribution in [0.4, 0.5) is 4.39 Å². The van der Waals surface area contributed by atoms with E-state index < -0.39 is 11.1 Å². The number of benzene rings is 1. The SMILES string of the molecule is O=C(Cl)Cc1ccc(OCCN2CCCCC2)c(F)c1. The minimum absolute atomic E-state index is 0.0343. The predicted molar refractivity (Wildman–Crippen MR) is 76.8 cm³/mol. The van der Waals surface area contributed by atoms with E-state index in [1.54, 1.807) is 12.1 Å². The third-order valence-corrected chi connectivity index (χ3v) is 3.59. The van der Waals surface area contributed by atoms with Crippen molar-refractivity contribution in [2.75, 3.05) is 26.2 Å². The quantitative estimate of drug-likeness (QED) is 0.756. The number of nitrogens with zero attached hydrogens (tertiary/aromatic N) is 1. The van der Waals surface area contributed by atoms with Crippen LogP contribution in [-0.2, 0) is 11.2 Å². The van der Waals surface area contributed by atoms with Crippen LogP contribution >= 0.6 is 11.6 Å². The van der Waals surface area contributed by atoms with E-state index in [-0.39, 0.29) is 12.2 Å². The van der Waals surface area contributed by atoms with Gasteiger partial charge >= 0.3 is 0 Å². The van der Waals surface area contributed by atoms with E-state index in [4.69, 9.17) is 16.3 Å². The van der Waals surface area contributed by atoms with Gasteiger partial charge in [-0.2, -0.15) is 0 Å². The average molecular weight is 300 g/mol. The predicted octanol–water partition coefficient (Wildman–Crippen LogP) is 3.00. The molecule has 5 heteroatoms. The molecule has 1 aliphatic rings. The van der Waals surface area contributed by atoms with Crippen LogP contribution < -0.4 is 4.74 Å². The Balaban J connectivity index is 1.81. The van der Waals surface area contributed by atoms with Gasteiger partial charge in [0.25, 0.3) is 0 Å². The van der Waals surface area contributed by atoms with E-state index in [9.17, 15) is 9.18 Å². The van der Waals surface area contributed by atoms with Gasteiger partial charge in [-0.3, -0.25) is 9.69 Å². The highest BCUT2D eigenvalue weighted by Gasteiger charge is 2.11. The molecule has 0 N–H and O–H groups in total. The van der Waals surface area contributed by atoms with Gasteiger partial charge < -0.3 is 4.74 Å². The normalized spacial score (nSPS) is 16.1. The van der Waals surface area contributed by atoms with E-state index >= 15 is 0 Å². The Bertz CT molecular complexity index is 461. The summed E-state index contributed by atoms with van der Waals surface area (Å²) in [5.74, 6) is -0.216. The van der Waals surface area contributed by atoms with Crippen LogP contribution in [0.15, 0.2) is 18.2 Å². The molecule has 2 rings (SSSR count). The molecule has 0 saturated carbocycles. The summed E-state index contributed by atoms with van der Waals surface area (Å²) in [5, 5.41) is -0.497. The van der Waals surface area contributed by atoms with Crippen LogP contribution in [0.3, 0.4) is 0 Å². The molecule has 1 saturated heterocycles. The largest absolute Gasteiger partial charge is 0.489 e. The van der Waals surface area contributed by atoms with Crippen LogP contribution in [0.1, 0.15) is 24.8 Å². The molecule has 0 aromatic heterocycles. The minimum Gasteiger partial charge on any atom is -0.489 e. The second kappa shape index (κ2) is 7.60. The smallest absolute Gasteiger partial charge is 0.226 e. The molecule has 0 atom stereocenters. The van der Waals surface area contributed by atoms with Crippen molar-refractivity contribution in [3.63, 3.8) is 0 Å². The summed E-state index contributed by atoms with van der Waals surface area (Å²) in [4.78, 5) is 13.1. The number of carbonyl (C=O) groups excluding carboxylic acids is 1. The fraction of sp³-hybridized carbons (Fsp3) is 0.533. The number of likely N-dealkylation sites (tertiary alicyclic amines) is 1. The molecule has 3 nitrogen and oxygen atoms in total. The highest BCUT2D eigenvalue weighted by atomic mass is 35.5. The first-order chi connectivity index (χ1) is 9.65. The Kier molecular flexibility index (Phi) is 5.80. The summed E-state index contributed by atoms with van der Waals surface area (Å²) < 4.78 is 19.2. The molecule has 0 bridgehead atoms. The van der Waals surface area contributed by atoms with Crippen molar-refractivity contribution in [3.05, 3.63) is 29.6 Å². The maximum Gasteiger partial charge on any atom is 0.226 e. The molecular formula is C15H19ClFNO2. The van der Waals surface area contributed by atoms with Crippen molar-refractivity contribution in [3.8, 4) is 5.75 Å². The lowest BCUT2D eigenvalue weighted by Crippen LogP contribution is -2.33. The first-order valence-corrected chi connectivity index (χ1v) is 7.35. The van der Waals surface area contributed by atoms with E-state index in [0.29, 0.717) is 12.2 Å². The van der Waals surface area contributed by atoms with Crippen molar-refractivity contribution in [2.45, 2.75) is 25.7 Å². The summed E-state index contributed by atoms with van der Waals surface area (Å²) in [5.41, 5.74) is 0.561. The Morgan fingerprint density at radius 3 is 2.70 bits per heavy atom. The highest BCUT2D eigenvalue weighted by Crippen LogP contribution is 2.19. The number of rotatable bonds is 6. The van der Waals surface area contributed by atoms with Gasteiger partial charge in [-0.25, -0.2) is 4.39 Å². The van der Waals surface area contributed by atoms with E-state index in [1.807, 2.05) is 0 Å². The molecule has 1 fully saturated rings. The molecule has 110 valence electrons. The van der Waals surface area contributed by atoms with Gasteiger partial charge in [-0.1, -0.05) is 12.5 Å². The van der Waals surface area contributed by atoms with Gasteiger partial charge in [-0.05, 0) is 55.2 Å². The topological polar surface area (TPSA) is 29.5 Å². The molecule has 1 aromatic carbocycles. The van der Waals surface area contributed by atoms with Crippen LogP contribution in [0.5, 0.6) is 5.75 Å². The van der Waals surface area contributed by atoms with Crippen molar-refractivity contribution >= 4 is 16.8 Å². The molecule has 0 unspecified atom stereocenters. The maximum absolute atomic E-state index is 13.8. The zero-order valence-electron chi connectivity index (χ0n) is 11.4. The van der Waals surface area contributed by atoms with E-state index in [1.165, 1.54) is 25.3 Å². The van der Waals surface area contributed by atoms with Crippen LogP contribution in [-0.4, -0.2) is 36.4 Å². The Labute approximate surface area is 123 Å². The number of ether oxygens (including phenoxy) is 1. The van der Waals surface area contributed by atoms with Gasteiger partial charge in [0, 0.05) is 13.0 Å². The van der Waals surface area contributed by atoms with Crippen molar-refractivity contribution in [1.82, 2.24) is 4.90 Å². The lowest BCUT2D eigenvalue weighted by molar-refractivity contribution is -0.111. The zero-order valence-corrected chi connectivity index (χ0v) is 12.2. The molecule has 0 aliphatic carbocycles. The van der Waals surface area contributed by atoms with Gasteiger partial charge in [0.15, 0.2) is 11.6 Å². The second-order valence-corrected chi connectivity index (χ2v) is 5.47. The van der Waals surface area contributed by atoms with Crippen LogP contribution in [0, 0.1) is 5.82 Å². The van der Waals surface area contributed by atoms with Gasteiger partial charge in [0.1, 0.15) is 6.61 Å². The molecule has 0 radical (unpaired) electrons. The average Bonchev–Trinajstić information content (AvgIpc) is 2.42. The Morgan fingerprint density at radius 2 is 2.05 bits per heavy atom. The lowest BCUT2D eigenvalue weighted by atomic mass is 10.1. The van der Waals surface area contributed by atoms with Gasteiger partial charge in [0.05, 0.1) is 0 Å². The third-order valence-electron chi connectivity index (χ3n) is 3.45. The molecular weight excluding hydrogens is 281 g/mol. The van der Waals surface area contributed by atoms with Gasteiger partial charge in [-0.15, -0.1) is 0 Å². The van der Waals surface area contributed by atoms with Crippen molar-refractivity contribution in [1.29, 1.82) is 0 Å². The first-order valence-electron chi connectivity index (χ1n) is 6.97. The third kappa shape index (κ3) is 4.76. The maximum atomic E-state index is 13.8. The van der Waals surface area contributed by atoms with Crippen molar-refractivity contribution < 1.29 is 13.9 Å². The minimum atomic E-state index is -0.497. The van der Waals surface area contributed by atoms with Gasteiger partial charge in [0.2, 0.25) is 5.24 Å². The Hall–Kier alpha value is -1.13. The fourth-order valence-electron chi connectivity index (χ4n) is 2.40. The summed E-state index contributed by atoms with van der Waals surface area (Å²) in [6.07, 6.45) is 3.80. The van der Waals surface area contributed by atoms with Crippen LogP contribution in [0.2, 0.25) is 0 Å². The molecule has 0 amide bonds. The lowest BCUT2D eigenvalue weighted by Gasteiger charge is -2.26. The number of hydrogen-bond donors (Lipinski definition) is 0.